The van der Waals surface area contributed by atoms with E-state index in [1.54, 1.807) is 0 Å². The Kier molecular flexibility index (Phi) is 4.07. The molecule has 0 aliphatic heterocycles. The largest absolute Gasteiger partial charge is 0.475 e. The Hall–Kier alpha value is -1.60. The topological polar surface area (TPSA) is 59.0 Å². The molecule has 80 valence electrons. The lowest BCUT2D eigenvalue weighted by Gasteiger charge is -2.13. The molecule has 0 saturated heterocycles. The number of halogens is 1. The molecule has 4 heteroatoms. The van der Waals surface area contributed by atoms with Crippen molar-refractivity contribution in [3.63, 3.8) is 0 Å². The zero-order valence-corrected chi connectivity index (χ0v) is 8.53. The summed E-state index contributed by atoms with van der Waals surface area (Å²) in [7, 11) is 0. The van der Waals surface area contributed by atoms with Gasteiger partial charge in [0.2, 0.25) is 0 Å². The molecule has 0 aliphatic carbocycles. The highest BCUT2D eigenvalue weighted by atomic mass is 19.1. The average Bonchev–Trinajstić information content (AvgIpc) is 2.27. The van der Waals surface area contributed by atoms with E-state index in [0.717, 1.165) is 0 Å². The van der Waals surface area contributed by atoms with Crippen molar-refractivity contribution >= 4 is 0 Å². The molecular formula is C11H13FN2O. The normalized spacial score (nSPS) is 11.9. The highest BCUT2D eigenvalue weighted by molar-refractivity contribution is 5.34. The zero-order chi connectivity index (χ0) is 11.3. The Morgan fingerprint density at radius 3 is 2.87 bits per heavy atom. The van der Waals surface area contributed by atoms with Gasteiger partial charge in [-0.1, -0.05) is 6.92 Å². The van der Waals surface area contributed by atoms with Gasteiger partial charge in [-0.15, -0.1) is 0 Å². The molecule has 0 fully saturated rings. The summed E-state index contributed by atoms with van der Waals surface area (Å²) in [6, 6.07) is 6.12. The monoisotopic (exact) mass is 208 g/mol. The number of nitrogens with two attached hydrogens (primary N) is 1. The van der Waals surface area contributed by atoms with Gasteiger partial charge in [0.25, 0.3) is 0 Å². The molecule has 1 unspecified atom stereocenters. The number of rotatable bonds is 4. The predicted octanol–water partition coefficient (Wildman–Crippen LogP) is 1.97. The summed E-state index contributed by atoms with van der Waals surface area (Å²) in [6.45, 7) is 2.04. The molecule has 1 aromatic carbocycles. The smallest absolute Gasteiger partial charge is 0.184 e. The fourth-order valence-electron chi connectivity index (χ4n) is 1.18. The second-order valence-electron chi connectivity index (χ2n) is 3.10. The SMILES string of the molecule is CCC(C#N)Oc1ccc(F)cc1CN. The molecule has 1 aromatic rings. The van der Waals surface area contributed by atoms with Crippen LogP contribution in [-0.4, -0.2) is 6.10 Å². The lowest BCUT2D eigenvalue weighted by Crippen LogP contribution is -2.14. The first-order valence-electron chi connectivity index (χ1n) is 4.76. The maximum absolute atomic E-state index is 12.9. The molecule has 2 N–H and O–H groups in total. The molecule has 15 heavy (non-hydrogen) atoms. The fraction of sp³-hybridized carbons (Fsp3) is 0.364. The van der Waals surface area contributed by atoms with E-state index >= 15 is 0 Å². The van der Waals surface area contributed by atoms with E-state index in [-0.39, 0.29) is 12.4 Å². The Morgan fingerprint density at radius 1 is 1.60 bits per heavy atom. The number of nitrogens with zero attached hydrogens (tertiary/aromatic N) is 1. The first-order chi connectivity index (χ1) is 7.21. The van der Waals surface area contributed by atoms with E-state index in [9.17, 15) is 4.39 Å². The summed E-state index contributed by atoms with van der Waals surface area (Å²) in [4.78, 5) is 0. The number of ether oxygens (including phenoxy) is 1. The molecule has 0 heterocycles. The van der Waals surface area contributed by atoms with E-state index in [2.05, 4.69) is 0 Å². The molecule has 0 bridgehead atoms. The van der Waals surface area contributed by atoms with Gasteiger partial charge < -0.3 is 10.5 Å². The van der Waals surface area contributed by atoms with Crippen molar-refractivity contribution in [2.45, 2.75) is 26.0 Å². The minimum atomic E-state index is -0.513. The first kappa shape index (κ1) is 11.5. The Labute approximate surface area is 88.3 Å². The van der Waals surface area contributed by atoms with Crippen LogP contribution < -0.4 is 10.5 Å². The molecule has 3 nitrogen and oxygen atoms in total. The lowest BCUT2D eigenvalue weighted by atomic mass is 10.2. The van der Waals surface area contributed by atoms with Gasteiger partial charge >= 0.3 is 0 Å². The number of benzene rings is 1. The van der Waals surface area contributed by atoms with Gasteiger partial charge in [-0.2, -0.15) is 5.26 Å². The maximum atomic E-state index is 12.9. The molecule has 0 aromatic heterocycles. The predicted molar refractivity (Wildman–Crippen MR) is 54.6 cm³/mol. The Morgan fingerprint density at radius 2 is 2.33 bits per heavy atom. The molecule has 0 spiro atoms. The maximum Gasteiger partial charge on any atom is 0.184 e. The summed E-state index contributed by atoms with van der Waals surface area (Å²) >= 11 is 0. The molecule has 0 aliphatic rings. The summed E-state index contributed by atoms with van der Waals surface area (Å²) < 4.78 is 18.2. The summed E-state index contributed by atoms with van der Waals surface area (Å²) in [5, 5.41) is 8.73. The first-order valence-corrected chi connectivity index (χ1v) is 4.76. The third-order valence-electron chi connectivity index (χ3n) is 2.03. The Bertz CT molecular complexity index is 373. The van der Waals surface area contributed by atoms with E-state index in [4.69, 9.17) is 15.7 Å². The fourth-order valence-corrected chi connectivity index (χ4v) is 1.18. The third-order valence-corrected chi connectivity index (χ3v) is 2.03. The van der Waals surface area contributed by atoms with Gasteiger partial charge in [0, 0.05) is 12.1 Å². The second-order valence-corrected chi connectivity index (χ2v) is 3.10. The van der Waals surface area contributed by atoms with Crippen molar-refractivity contribution in [1.82, 2.24) is 0 Å². The van der Waals surface area contributed by atoms with E-state index < -0.39 is 6.10 Å². The molecule has 1 rings (SSSR count). The molecular weight excluding hydrogens is 195 g/mol. The van der Waals surface area contributed by atoms with Crippen LogP contribution in [0.1, 0.15) is 18.9 Å². The van der Waals surface area contributed by atoms with Gasteiger partial charge in [0.15, 0.2) is 6.10 Å². The summed E-state index contributed by atoms with van der Waals surface area (Å²) in [5.74, 6) is 0.125. The van der Waals surface area contributed by atoms with Crippen LogP contribution in [0.5, 0.6) is 5.75 Å². The zero-order valence-electron chi connectivity index (χ0n) is 8.53. The highest BCUT2D eigenvalue weighted by Gasteiger charge is 2.09. The van der Waals surface area contributed by atoms with Crippen molar-refractivity contribution < 1.29 is 9.13 Å². The van der Waals surface area contributed by atoms with Crippen molar-refractivity contribution in [2.75, 3.05) is 0 Å². The molecule has 0 amide bonds. The van der Waals surface area contributed by atoms with Gasteiger partial charge in [0.05, 0.1) is 0 Å². The van der Waals surface area contributed by atoms with Gasteiger partial charge in [-0.3, -0.25) is 0 Å². The van der Waals surface area contributed by atoms with E-state index in [0.29, 0.717) is 17.7 Å². The number of hydrogen-bond acceptors (Lipinski definition) is 3. The third kappa shape index (κ3) is 2.93. The van der Waals surface area contributed by atoms with Crippen LogP contribution in [0, 0.1) is 17.1 Å². The minimum absolute atomic E-state index is 0.189. The number of hydrogen-bond donors (Lipinski definition) is 1. The highest BCUT2D eigenvalue weighted by Crippen LogP contribution is 2.20. The van der Waals surface area contributed by atoms with Crippen LogP contribution in [0.3, 0.4) is 0 Å². The van der Waals surface area contributed by atoms with Gasteiger partial charge in [0.1, 0.15) is 17.6 Å². The van der Waals surface area contributed by atoms with E-state index in [1.165, 1.54) is 18.2 Å². The van der Waals surface area contributed by atoms with Crippen LogP contribution in [0.25, 0.3) is 0 Å². The van der Waals surface area contributed by atoms with Crippen molar-refractivity contribution in [1.29, 1.82) is 5.26 Å². The van der Waals surface area contributed by atoms with Gasteiger partial charge in [-0.25, -0.2) is 4.39 Å². The molecule has 1 atom stereocenters. The van der Waals surface area contributed by atoms with Crippen molar-refractivity contribution in [3.8, 4) is 11.8 Å². The van der Waals surface area contributed by atoms with Crippen LogP contribution in [-0.2, 0) is 6.54 Å². The minimum Gasteiger partial charge on any atom is -0.475 e. The second kappa shape index (κ2) is 5.32. The quantitative estimate of drug-likeness (QED) is 0.822. The van der Waals surface area contributed by atoms with Crippen molar-refractivity contribution in [3.05, 3.63) is 29.6 Å². The van der Waals surface area contributed by atoms with Crippen LogP contribution >= 0.6 is 0 Å². The van der Waals surface area contributed by atoms with Crippen LogP contribution in [0.15, 0.2) is 18.2 Å². The summed E-state index contributed by atoms with van der Waals surface area (Å²) in [5.41, 5.74) is 6.02. The molecule has 0 saturated carbocycles. The summed E-state index contributed by atoms with van der Waals surface area (Å²) in [6.07, 6.45) is 0.0681. The van der Waals surface area contributed by atoms with Crippen LogP contribution in [0.4, 0.5) is 4.39 Å². The van der Waals surface area contributed by atoms with E-state index in [1.807, 2.05) is 13.0 Å². The average molecular weight is 208 g/mol. The lowest BCUT2D eigenvalue weighted by molar-refractivity contribution is 0.249. The standard InChI is InChI=1S/C11H13FN2O/c1-2-10(7-14)15-11-4-3-9(12)5-8(11)6-13/h3-5,10H,2,6,13H2,1H3. The molecule has 0 radical (unpaired) electrons. The number of nitriles is 1. The Balaban J connectivity index is 2.89. The van der Waals surface area contributed by atoms with Crippen LogP contribution in [0.2, 0.25) is 0 Å². The van der Waals surface area contributed by atoms with Crippen molar-refractivity contribution in [2.24, 2.45) is 5.73 Å². The van der Waals surface area contributed by atoms with Gasteiger partial charge in [-0.05, 0) is 24.6 Å².